The van der Waals surface area contributed by atoms with E-state index in [-0.39, 0.29) is 18.9 Å². The number of amides is 1. The van der Waals surface area contributed by atoms with Gasteiger partial charge >= 0.3 is 6.18 Å². The van der Waals surface area contributed by atoms with Crippen molar-refractivity contribution < 1.29 is 27.4 Å². The van der Waals surface area contributed by atoms with Gasteiger partial charge in [-0.15, -0.1) is 11.3 Å². The zero-order valence-corrected chi connectivity index (χ0v) is 18.1. The Morgan fingerprint density at radius 2 is 1.78 bits per heavy atom. The lowest BCUT2D eigenvalue weighted by molar-refractivity contribution is -0.136. The maximum Gasteiger partial charge on any atom is 0.389 e. The Morgan fingerprint density at radius 1 is 1.12 bits per heavy atom. The van der Waals surface area contributed by atoms with Crippen LogP contribution in [0.4, 0.5) is 24.0 Å². The Labute approximate surface area is 187 Å². The Hall–Kier alpha value is -3.33. The van der Waals surface area contributed by atoms with Crippen LogP contribution in [-0.2, 0) is 4.79 Å². The first-order chi connectivity index (χ1) is 15.3. The molecule has 0 saturated heterocycles. The van der Waals surface area contributed by atoms with Crippen LogP contribution in [0.3, 0.4) is 0 Å². The number of nitrogens with zero attached hydrogens (tertiary/aromatic N) is 2. The van der Waals surface area contributed by atoms with Crippen molar-refractivity contribution in [3.05, 3.63) is 66.6 Å². The summed E-state index contributed by atoms with van der Waals surface area (Å²) in [6.45, 7) is 3.51. The number of thiazole rings is 1. The van der Waals surface area contributed by atoms with Crippen molar-refractivity contribution in [3.8, 4) is 22.8 Å². The molecule has 3 rings (SSSR count). The molecular weight excluding hydrogens is 441 g/mol. The molecule has 2 aromatic carbocycles. The topological polar surface area (TPSA) is 51.7 Å². The molecule has 0 aliphatic heterocycles. The number of anilines is 2. The number of ether oxygens (including phenoxy) is 2. The van der Waals surface area contributed by atoms with Crippen molar-refractivity contribution in [1.82, 2.24) is 4.98 Å². The number of hydrogen-bond acceptors (Lipinski definition) is 5. The smallest absolute Gasteiger partial charge is 0.389 e. The van der Waals surface area contributed by atoms with E-state index in [2.05, 4.69) is 11.6 Å². The highest BCUT2D eigenvalue weighted by Crippen LogP contribution is 2.34. The number of benzene rings is 2. The number of alkyl halides is 3. The molecule has 0 unspecified atom stereocenters. The van der Waals surface area contributed by atoms with Gasteiger partial charge in [0.25, 0.3) is 5.91 Å². The monoisotopic (exact) mass is 462 g/mol. The maximum atomic E-state index is 12.6. The standard InChI is InChI=1S/C23H21F3N2O3S/c1-3-21(29)28(17-7-11-19(12-8-17)31-14-4-13-23(24,25)26)22-27-20(15-32-22)16-5-9-18(30-2)10-6-16/h3,5-12,15H,1,4,13-14H2,2H3. The number of halogens is 3. The molecule has 9 heteroatoms. The quantitative estimate of drug-likeness (QED) is 0.273. The molecule has 32 heavy (non-hydrogen) atoms. The van der Waals surface area contributed by atoms with Crippen LogP contribution in [0.2, 0.25) is 0 Å². The van der Waals surface area contributed by atoms with Crippen molar-refractivity contribution in [2.45, 2.75) is 19.0 Å². The molecule has 0 spiro atoms. The second-order valence-corrected chi connectivity index (χ2v) is 7.52. The van der Waals surface area contributed by atoms with Gasteiger partial charge in [0.15, 0.2) is 5.13 Å². The first-order valence-corrected chi connectivity index (χ1v) is 10.5. The third-order valence-corrected chi connectivity index (χ3v) is 5.26. The summed E-state index contributed by atoms with van der Waals surface area (Å²) in [5.41, 5.74) is 2.12. The van der Waals surface area contributed by atoms with Crippen LogP contribution in [0.1, 0.15) is 12.8 Å². The summed E-state index contributed by atoms with van der Waals surface area (Å²) >= 11 is 1.30. The zero-order valence-electron chi connectivity index (χ0n) is 17.3. The number of carbonyl (C=O) groups excluding carboxylic acids is 1. The van der Waals surface area contributed by atoms with Crippen molar-refractivity contribution in [2.24, 2.45) is 0 Å². The van der Waals surface area contributed by atoms with E-state index in [0.29, 0.717) is 22.3 Å². The lowest BCUT2D eigenvalue weighted by Gasteiger charge is -2.18. The van der Waals surface area contributed by atoms with Gasteiger partial charge in [-0.05, 0) is 61.0 Å². The molecule has 0 fully saturated rings. The van der Waals surface area contributed by atoms with Gasteiger partial charge in [0.2, 0.25) is 0 Å². The predicted octanol–water partition coefficient (Wildman–Crippen LogP) is 6.39. The lowest BCUT2D eigenvalue weighted by atomic mass is 10.2. The van der Waals surface area contributed by atoms with Crippen molar-refractivity contribution >= 4 is 28.1 Å². The Morgan fingerprint density at radius 3 is 2.38 bits per heavy atom. The van der Waals surface area contributed by atoms with E-state index in [1.165, 1.54) is 22.3 Å². The second-order valence-electron chi connectivity index (χ2n) is 6.68. The van der Waals surface area contributed by atoms with Gasteiger partial charge < -0.3 is 9.47 Å². The third-order valence-electron chi connectivity index (χ3n) is 4.43. The van der Waals surface area contributed by atoms with Gasteiger partial charge in [0.05, 0.1) is 25.1 Å². The molecule has 0 N–H and O–H groups in total. The number of methoxy groups -OCH3 is 1. The Bertz CT molecular complexity index is 1050. The van der Waals surface area contributed by atoms with Gasteiger partial charge in [-0.3, -0.25) is 9.69 Å². The van der Waals surface area contributed by atoms with E-state index in [9.17, 15) is 18.0 Å². The predicted molar refractivity (Wildman–Crippen MR) is 119 cm³/mol. The second kappa shape index (κ2) is 10.3. The fourth-order valence-corrected chi connectivity index (χ4v) is 3.70. The molecule has 1 amide bonds. The highest BCUT2D eigenvalue weighted by molar-refractivity contribution is 7.14. The zero-order chi connectivity index (χ0) is 23.1. The summed E-state index contributed by atoms with van der Waals surface area (Å²) in [7, 11) is 1.59. The number of rotatable bonds is 9. The molecular formula is C23H21F3N2O3S. The average Bonchev–Trinajstić information content (AvgIpc) is 3.26. The van der Waals surface area contributed by atoms with E-state index in [4.69, 9.17) is 9.47 Å². The van der Waals surface area contributed by atoms with Crippen LogP contribution >= 0.6 is 11.3 Å². The van der Waals surface area contributed by atoms with E-state index in [1.54, 1.807) is 31.4 Å². The number of aromatic nitrogens is 1. The molecule has 1 aromatic heterocycles. The lowest BCUT2D eigenvalue weighted by Crippen LogP contribution is -2.23. The molecule has 0 bridgehead atoms. The first kappa shape index (κ1) is 23.3. The fourth-order valence-electron chi connectivity index (χ4n) is 2.84. The molecule has 0 aliphatic carbocycles. The van der Waals surface area contributed by atoms with Crippen molar-refractivity contribution in [1.29, 1.82) is 0 Å². The minimum atomic E-state index is -4.20. The summed E-state index contributed by atoms with van der Waals surface area (Å²) in [6.07, 6.45) is -4.03. The summed E-state index contributed by atoms with van der Waals surface area (Å²) < 4.78 is 47.2. The molecule has 0 aliphatic rings. The van der Waals surface area contributed by atoms with E-state index in [0.717, 1.165) is 11.3 Å². The summed E-state index contributed by atoms with van der Waals surface area (Å²) in [5.74, 6) is 0.785. The van der Waals surface area contributed by atoms with Gasteiger partial charge in [0, 0.05) is 17.4 Å². The Kier molecular flexibility index (Phi) is 7.53. The van der Waals surface area contributed by atoms with Gasteiger partial charge in [-0.25, -0.2) is 4.98 Å². The normalized spacial score (nSPS) is 11.1. The maximum absolute atomic E-state index is 12.6. The fraction of sp³-hybridized carbons (Fsp3) is 0.217. The van der Waals surface area contributed by atoms with Gasteiger partial charge in [0.1, 0.15) is 11.5 Å². The van der Waals surface area contributed by atoms with Crippen LogP contribution in [0.25, 0.3) is 11.3 Å². The highest BCUT2D eigenvalue weighted by atomic mass is 32.1. The molecule has 3 aromatic rings. The highest BCUT2D eigenvalue weighted by Gasteiger charge is 2.26. The van der Waals surface area contributed by atoms with Gasteiger partial charge in [-0.1, -0.05) is 6.58 Å². The molecule has 168 valence electrons. The first-order valence-electron chi connectivity index (χ1n) is 9.67. The van der Waals surface area contributed by atoms with Crippen LogP contribution in [0.15, 0.2) is 66.6 Å². The largest absolute Gasteiger partial charge is 0.497 e. The van der Waals surface area contributed by atoms with Crippen molar-refractivity contribution in [2.75, 3.05) is 18.6 Å². The van der Waals surface area contributed by atoms with Crippen molar-refractivity contribution in [3.63, 3.8) is 0 Å². The van der Waals surface area contributed by atoms with Crippen LogP contribution < -0.4 is 14.4 Å². The number of carbonyl (C=O) groups is 1. The summed E-state index contributed by atoms with van der Waals surface area (Å²) in [6, 6.07) is 13.9. The summed E-state index contributed by atoms with van der Waals surface area (Å²) in [4.78, 5) is 18.6. The molecule has 0 saturated carbocycles. The van der Waals surface area contributed by atoms with E-state index >= 15 is 0 Å². The molecule has 0 radical (unpaired) electrons. The van der Waals surface area contributed by atoms with Crippen LogP contribution in [0.5, 0.6) is 11.5 Å². The SMILES string of the molecule is C=CC(=O)N(c1ccc(OCCCC(F)(F)F)cc1)c1nc(-c2ccc(OC)cc2)cs1. The molecule has 0 atom stereocenters. The molecule has 1 heterocycles. The van der Waals surface area contributed by atoms with E-state index in [1.807, 2.05) is 29.6 Å². The summed E-state index contributed by atoms with van der Waals surface area (Å²) in [5, 5.41) is 2.30. The van der Waals surface area contributed by atoms with Crippen LogP contribution in [-0.4, -0.2) is 30.8 Å². The Balaban J connectivity index is 1.75. The van der Waals surface area contributed by atoms with Crippen LogP contribution in [0, 0.1) is 0 Å². The molecule has 5 nitrogen and oxygen atoms in total. The third kappa shape index (κ3) is 6.10. The minimum absolute atomic E-state index is 0.0497. The van der Waals surface area contributed by atoms with Gasteiger partial charge in [-0.2, -0.15) is 13.2 Å². The number of hydrogen-bond donors (Lipinski definition) is 0. The van der Waals surface area contributed by atoms with E-state index < -0.39 is 12.6 Å². The average molecular weight is 462 g/mol. The minimum Gasteiger partial charge on any atom is -0.497 e.